The number of nitrogens with one attached hydrogen (secondary N) is 1. The fourth-order valence-corrected chi connectivity index (χ4v) is 2.94. The molecule has 3 rings (SSSR count). The molecule has 22 heavy (non-hydrogen) atoms. The van der Waals surface area contributed by atoms with Crippen molar-refractivity contribution in [2.24, 2.45) is 0 Å². The van der Waals surface area contributed by atoms with Gasteiger partial charge in [0.2, 0.25) is 10.0 Å². The Morgan fingerprint density at radius 3 is 2.77 bits per heavy atom. The summed E-state index contributed by atoms with van der Waals surface area (Å²) >= 11 is 0. The molecule has 8 heteroatoms. The van der Waals surface area contributed by atoms with Gasteiger partial charge in [0.1, 0.15) is 5.82 Å². The van der Waals surface area contributed by atoms with Crippen LogP contribution in [0.3, 0.4) is 0 Å². The van der Waals surface area contributed by atoms with Crippen LogP contribution in [-0.2, 0) is 36.2 Å². The van der Waals surface area contributed by atoms with Crippen LogP contribution in [-0.4, -0.2) is 40.7 Å². The molecule has 0 amide bonds. The zero-order valence-corrected chi connectivity index (χ0v) is 13.3. The highest BCUT2D eigenvalue weighted by Crippen LogP contribution is 2.15. The summed E-state index contributed by atoms with van der Waals surface area (Å²) in [7, 11) is -3.19. The lowest BCUT2D eigenvalue weighted by atomic mass is 10.2. The molecule has 0 bridgehead atoms. The highest BCUT2D eigenvalue weighted by molar-refractivity contribution is 7.88. The first kappa shape index (κ1) is 15.1. The summed E-state index contributed by atoms with van der Waals surface area (Å²) in [6.07, 6.45) is 6.68. The molecule has 0 saturated carbocycles. The molecule has 1 aliphatic rings. The third-order valence-corrected chi connectivity index (χ3v) is 4.27. The van der Waals surface area contributed by atoms with E-state index >= 15 is 0 Å². The van der Waals surface area contributed by atoms with Gasteiger partial charge in [0.15, 0.2) is 0 Å². The normalized spacial score (nSPS) is 15.7. The quantitative estimate of drug-likeness (QED) is 0.859. The van der Waals surface area contributed by atoms with Crippen LogP contribution in [0.5, 0.6) is 0 Å². The highest BCUT2D eigenvalue weighted by Gasteiger charge is 2.18. The number of pyridine rings is 1. The summed E-state index contributed by atoms with van der Waals surface area (Å²) in [6, 6.07) is 4.03. The SMILES string of the molecule is CS(=O)(=O)NCc1cn2c(n1)CN(Cc1ccncc1)CC2. The third kappa shape index (κ3) is 3.90. The first-order chi connectivity index (χ1) is 10.5. The number of hydrogen-bond acceptors (Lipinski definition) is 5. The number of fused-ring (bicyclic) bond motifs is 1. The smallest absolute Gasteiger partial charge is 0.209 e. The molecular weight excluding hydrogens is 302 g/mol. The number of hydrogen-bond donors (Lipinski definition) is 1. The lowest BCUT2D eigenvalue weighted by Gasteiger charge is -2.27. The monoisotopic (exact) mass is 321 g/mol. The Bertz CT molecular complexity index is 742. The fourth-order valence-electron chi connectivity index (χ4n) is 2.53. The molecule has 0 fully saturated rings. The van der Waals surface area contributed by atoms with Gasteiger partial charge in [-0.1, -0.05) is 0 Å². The Balaban J connectivity index is 1.64. The van der Waals surface area contributed by atoms with E-state index in [1.54, 1.807) is 12.4 Å². The first-order valence-electron chi connectivity index (χ1n) is 7.10. The van der Waals surface area contributed by atoms with E-state index in [4.69, 9.17) is 0 Å². The van der Waals surface area contributed by atoms with Gasteiger partial charge in [0.25, 0.3) is 0 Å². The second kappa shape index (κ2) is 6.15. The first-order valence-corrected chi connectivity index (χ1v) is 8.99. The van der Waals surface area contributed by atoms with Gasteiger partial charge in [-0.25, -0.2) is 18.1 Å². The zero-order chi connectivity index (χ0) is 15.6. The van der Waals surface area contributed by atoms with Gasteiger partial charge in [-0.15, -0.1) is 0 Å². The van der Waals surface area contributed by atoms with Crippen molar-refractivity contribution in [3.8, 4) is 0 Å². The molecule has 0 saturated heterocycles. The summed E-state index contributed by atoms with van der Waals surface area (Å²) in [5, 5.41) is 0. The maximum atomic E-state index is 11.1. The van der Waals surface area contributed by atoms with Crippen molar-refractivity contribution >= 4 is 10.0 Å². The molecule has 2 aromatic heterocycles. The average Bonchev–Trinajstić information content (AvgIpc) is 2.88. The molecule has 0 atom stereocenters. The second-order valence-electron chi connectivity index (χ2n) is 5.50. The summed E-state index contributed by atoms with van der Waals surface area (Å²) in [6.45, 7) is 3.69. The minimum absolute atomic E-state index is 0.239. The molecular formula is C14H19N5O2S. The molecule has 0 unspecified atom stereocenters. The van der Waals surface area contributed by atoms with Gasteiger partial charge < -0.3 is 4.57 Å². The van der Waals surface area contributed by atoms with Gasteiger partial charge in [-0.3, -0.25) is 9.88 Å². The Labute approximate surface area is 130 Å². The number of imidazole rings is 1. The van der Waals surface area contributed by atoms with E-state index in [0.29, 0.717) is 0 Å². The lowest BCUT2D eigenvalue weighted by molar-refractivity contribution is 0.209. The highest BCUT2D eigenvalue weighted by atomic mass is 32.2. The Hall–Kier alpha value is -1.77. The Morgan fingerprint density at radius 2 is 2.05 bits per heavy atom. The summed E-state index contributed by atoms with van der Waals surface area (Å²) in [5.41, 5.74) is 1.99. The van der Waals surface area contributed by atoms with Crippen molar-refractivity contribution in [1.82, 2.24) is 24.2 Å². The second-order valence-corrected chi connectivity index (χ2v) is 7.33. The number of sulfonamides is 1. The van der Waals surface area contributed by atoms with Crippen molar-refractivity contribution < 1.29 is 8.42 Å². The van der Waals surface area contributed by atoms with E-state index < -0.39 is 10.0 Å². The minimum atomic E-state index is -3.19. The van der Waals surface area contributed by atoms with Crippen molar-refractivity contribution in [3.63, 3.8) is 0 Å². The van der Waals surface area contributed by atoms with E-state index in [1.807, 2.05) is 18.3 Å². The van der Waals surface area contributed by atoms with Gasteiger partial charge in [-0.05, 0) is 17.7 Å². The molecule has 1 N–H and O–H groups in total. The van der Waals surface area contributed by atoms with Crippen LogP contribution in [0.1, 0.15) is 17.1 Å². The third-order valence-electron chi connectivity index (χ3n) is 3.60. The molecule has 0 radical (unpaired) electrons. The van der Waals surface area contributed by atoms with Crippen LogP contribution in [0.25, 0.3) is 0 Å². The minimum Gasteiger partial charge on any atom is -0.332 e. The van der Waals surface area contributed by atoms with Crippen LogP contribution < -0.4 is 4.72 Å². The Morgan fingerprint density at radius 1 is 1.27 bits per heavy atom. The number of rotatable bonds is 5. The molecule has 7 nitrogen and oxygen atoms in total. The van der Waals surface area contributed by atoms with E-state index in [0.717, 1.165) is 44.0 Å². The van der Waals surface area contributed by atoms with Crippen LogP contribution >= 0.6 is 0 Å². The molecule has 0 spiro atoms. The topological polar surface area (TPSA) is 80.1 Å². The molecule has 2 aromatic rings. The van der Waals surface area contributed by atoms with E-state index in [1.165, 1.54) is 5.56 Å². The standard InChI is InChI=1S/C14H19N5O2S/c1-22(20,21)16-8-13-10-19-7-6-18(11-14(19)17-13)9-12-2-4-15-5-3-12/h2-5,10,16H,6-9,11H2,1H3. The lowest BCUT2D eigenvalue weighted by Crippen LogP contribution is -2.33. The van der Waals surface area contributed by atoms with E-state index in [9.17, 15) is 8.42 Å². The fraction of sp³-hybridized carbons (Fsp3) is 0.429. The summed E-state index contributed by atoms with van der Waals surface area (Å²) in [4.78, 5) is 10.9. The Kier molecular flexibility index (Phi) is 4.23. The number of nitrogens with zero attached hydrogens (tertiary/aromatic N) is 4. The largest absolute Gasteiger partial charge is 0.332 e. The van der Waals surface area contributed by atoms with Gasteiger partial charge >= 0.3 is 0 Å². The van der Waals surface area contributed by atoms with Crippen molar-refractivity contribution in [2.75, 3.05) is 12.8 Å². The maximum absolute atomic E-state index is 11.1. The van der Waals surface area contributed by atoms with Crippen molar-refractivity contribution in [1.29, 1.82) is 0 Å². The average molecular weight is 321 g/mol. The number of aromatic nitrogens is 3. The zero-order valence-electron chi connectivity index (χ0n) is 12.4. The molecule has 3 heterocycles. The molecule has 118 valence electrons. The molecule has 1 aliphatic heterocycles. The van der Waals surface area contributed by atoms with Crippen LogP contribution in [0.15, 0.2) is 30.7 Å². The predicted octanol–water partition coefficient (Wildman–Crippen LogP) is 0.343. The van der Waals surface area contributed by atoms with Crippen LogP contribution in [0, 0.1) is 0 Å². The van der Waals surface area contributed by atoms with Crippen LogP contribution in [0.2, 0.25) is 0 Å². The van der Waals surface area contributed by atoms with Gasteiger partial charge in [0.05, 0.1) is 25.0 Å². The van der Waals surface area contributed by atoms with Crippen molar-refractivity contribution in [2.45, 2.75) is 26.2 Å². The van der Waals surface area contributed by atoms with E-state index in [-0.39, 0.29) is 6.54 Å². The molecule has 0 aliphatic carbocycles. The predicted molar refractivity (Wildman–Crippen MR) is 82.3 cm³/mol. The summed E-state index contributed by atoms with van der Waals surface area (Å²) in [5.74, 6) is 0.977. The van der Waals surface area contributed by atoms with Crippen LogP contribution in [0.4, 0.5) is 0 Å². The maximum Gasteiger partial charge on any atom is 0.209 e. The van der Waals surface area contributed by atoms with Gasteiger partial charge in [0, 0.05) is 38.2 Å². The summed E-state index contributed by atoms with van der Waals surface area (Å²) < 4.78 is 26.9. The van der Waals surface area contributed by atoms with Gasteiger partial charge in [-0.2, -0.15) is 0 Å². The van der Waals surface area contributed by atoms with E-state index in [2.05, 4.69) is 24.2 Å². The van der Waals surface area contributed by atoms with Crippen molar-refractivity contribution in [3.05, 3.63) is 47.8 Å². The molecule has 0 aromatic carbocycles.